The van der Waals surface area contributed by atoms with Crippen molar-refractivity contribution in [2.45, 2.75) is 0 Å². The average molecular weight is 254 g/mol. The van der Waals surface area contributed by atoms with Gasteiger partial charge >= 0.3 is 0 Å². The maximum atomic E-state index is 11.3. The molecule has 1 N–H and O–H groups in total. The van der Waals surface area contributed by atoms with Gasteiger partial charge in [0.15, 0.2) is 9.84 Å². The van der Waals surface area contributed by atoms with E-state index in [1.165, 1.54) is 0 Å². The minimum absolute atomic E-state index is 0.210. The Bertz CT molecular complexity index is 482. The van der Waals surface area contributed by atoms with Gasteiger partial charge in [-0.15, -0.1) is 0 Å². The summed E-state index contributed by atoms with van der Waals surface area (Å²) >= 11 is 0. The van der Waals surface area contributed by atoms with Crippen molar-refractivity contribution in [3.8, 4) is 0 Å². The number of hydrogen-bond acceptors (Lipinski definition) is 4. The summed E-state index contributed by atoms with van der Waals surface area (Å²) in [4.78, 5) is 12.3. The number of amides is 1. The zero-order valence-electron chi connectivity index (χ0n) is 9.30. The molecule has 0 saturated carbocycles. The number of sulfone groups is 1. The van der Waals surface area contributed by atoms with Gasteiger partial charge in [-0.25, -0.2) is 8.42 Å². The van der Waals surface area contributed by atoms with Crippen LogP contribution in [0.1, 0.15) is 0 Å². The fourth-order valence-corrected chi connectivity index (χ4v) is 3.01. The normalized spacial score (nSPS) is 18.7. The van der Waals surface area contributed by atoms with Crippen LogP contribution >= 0.6 is 0 Å². The van der Waals surface area contributed by atoms with Crippen molar-refractivity contribution in [1.82, 2.24) is 0 Å². The molecule has 1 aliphatic rings. The molecule has 0 unspecified atom stereocenters. The highest BCUT2D eigenvalue weighted by molar-refractivity contribution is 7.91. The molecule has 1 amide bonds. The molecule has 2 rings (SSSR count). The van der Waals surface area contributed by atoms with Crippen LogP contribution in [0.5, 0.6) is 0 Å². The van der Waals surface area contributed by atoms with Crippen LogP contribution in [-0.2, 0) is 14.6 Å². The van der Waals surface area contributed by atoms with E-state index in [4.69, 9.17) is 0 Å². The minimum Gasteiger partial charge on any atom is -0.369 e. The first kappa shape index (κ1) is 11.9. The molecule has 1 aromatic rings. The molecule has 17 heavy (non-hydrogen) atoms. The topological polar surface area (TPSA) is 66.5 Å². The van der Waals surface area contributed by atoms with Crippen LogP contribution in [0.25, 0.3) is 0 Å². The van der Waals surface area contributed by atoms with Crippen LogP contribution < -0.4 is 10.2 Å². The van der Waals surface area contributed by atoms with E-state index < -0.39 is 9.84 Å². The van der Waals surface area contributed by atoms with Gasteiger partial charge in [0.1, 0.15) is 0 Å². The van der Waals surface area contributed by atoms with Crippen LogP contribution in [0.3, 0.4) is 0 Å². The van der Waals surface area contributed by atoms with E-state index in [2.05, 4.69) is 5.32 Å². The largest absolute Gasteiger partial charge is 0.369 e. The Kier molecular flexibility index (Phi) is 3.33. The van der Waals surface area contributed by atoms with Gasteiger partial charge in [0.25, 0.3) is 0 Å². The maximum Gasteiger partial charge on any atom is 0.211 e. The molecule has 0 aliphatic carbocycles. The number of hydrogen-bond donors (Lipinski definition) is 1. The van der Waals surface area contributed by atoms with Crippen molar-refractivity contribution in [1.29, 1.82) is 0 Å². The molecule has 1 aliphatic heterocycles. The molecule has 0 bridgehead atoms. The van der Waals surface area contributed by atoms with Crippen molar-refractivity contribution in [2.24, 2.45) is 0 Å². The molecule has 1 saturated heterocycles. The second-order valence-electron chi connectivity index (χ2n) is 3.95. The minimum atomic E-state index is -2.84. The van der Waals surface area contributed by atoms with Crippen LogP contribution in [0.4, 0.5) is 11.4 Å². The fourth-order valence-electron chi connectivity index (χ4n) is 1.81. The SMILES string of the molecule is O=CNc1ccc(N2CCS(=O)(=O)CC2)cc1. The Morgan fingerprint density at radius 2 is 1.71 bits per heavy atom. The molecular formula is C11H14N2O3S. The molecule has 5 nitrogen and oxygen atoms in total. The molecule has 1 aromatic carbocycles. The van der Waals surface area contributed by atoms with Gasteiger partial charge in [-0.05, 0) is 24.3 Å². The van der Waals surface area contributed by atoms with Gasteiger partial charge < -0.3 is 10.2 Å². The monoisotopic (exact) mass is 254 g/mol. The highest BCUT2D eigenvalue weighted by Gasteiger charge is 2.21. The summed E-state index contributed by atoms with van der Waals surface area (Å²) in [7, 11) is -2.84. The number of carbonyl (C=O) groups excluding carboxylic acids is 1. The average Bonchev–Trinajstić information content (AvgIpc) is 2.31. The number of nitrogens with zero attached hydrogens (tertiary/aromatic N) is 1. The van der Waals surface area contributed by atoms with Crippen molar-refractivity contribution in [2.75, 3.05) is 34.8 Å². The molecule has 1 heterocycles. The lowest BCUT2D eigenvalue weighted by Crippen LogP contribution is -2.40. The van der Waals surface area contributed by atoms with E-state index in [0.29, 0.717) is 19.5 Å². The Hall–Kier alpha value is -1.56. The van der Waals surface area contributed by atoms with Gasteiger partial charge in [0.05, 0.1) is 11.5 Å². The van der Waals surface area contributed by atoms with Gasteiger partial charge in [0.2, 0.25) is 6.41 Å². The highest BCUT2D eigenvalue weighted by Crippen LogP contribution is 2.19. The smallest absolute Gasteiger partial charge is 0.211 e. The molecular weight excluding hydrogens is 240 g/mol. The van der Waals surface area contributed by atoms with Crippen molar-refractivity contribution in [3.63, 3.8) is 0 Å². The van der Waals surface area contributed by atoms with Crippen LogP contribution in [0, 0.1) is 0 Å². The van der Waals surface area contributed by atoms with Gasteiger partial charge in [-0.1, -0.05) is 0 Å². The summed E-state index contributed by atoms with van der Waals surface area (Å²) < 4.78 is 22.6. The number of carbonyl (C=O) groups is 1. The lowest BCUT2D eigenvalue weighted by molar-refractivity contribution is -0.105. The molecule has 0 aromatic heterocycles. The lowest BCUT2D eigenvalue weighted by Gasteiger charge is -2.28. The molecule has 1 fully saturated rings. The third-order valence-corrected chi connectivity index (χ3v) is 4.41. The van der Waals surface area contributed by atoms with Gasteiger partial charge in [0, 0.05) is 24.5 Å². The summed E-state index contributed by atoms with van der Waals surface area (Å²) in [5.41, 5.74) is 1.71. The van der Waals surface area contributed by atoms with E-state index in [1.54, 1.807) is 12.1 Å². The van der Waals surface area contributed by atoms with E-state index in [-0.39, 0.29) is 11.5 Å². The molecule has 92 valence electrons. The van der Waals surface area contributed by atoms with Gasteiger partial charge in [-0.2, -0.15) is 0 Å². The van der Waals surface area contributed by atoms with Crippen molar-refractivity contribution >= 4 is 27.6 Å². The zero-order chi connectivity index (χ0) is 12.3. The second kappa shape index (κ2) is 4.75. The zero-order valence-corrected chi connectivity index (χ0v) is 10.1. The summed E-state index contributed by atoms with van der Waals surface area (Å²) in [5.74, 6) is 0.419. The quantitative estimate of drug-likeness (QED) is 0.797. The van der Waals surface area contributed by atoms with E-state index in [0.717, 1.165) is 11.4 Å². The lowest BCUT2D eigenvalue weighted by atomic mass is 10.2. The number of anilines is 2. The molecule has 6 heteroatoms. The predicted molar refractivity (Wildman–Crippen MR) is 67.0 cm³/mol. The van der Waals surface area contributed by atoms with E-state index >= 15 is 0 Å². The number of nitrogens with one attached hydrogen (secondary N) is 1. The molecule has 0 radical (unpaired) electrons. The summed E-state index contributed by atoms with van der Waals surface area (Å²) in [6, 6.07) is 7.35. The van der Waals surface area contributed by atoms with Crippen LogP contribution in [0.2, 0.25) is 0 Å². The summed E-state index contributed by atoms with van der Waals surface area (Å²) in [6.07, 6.45) is 0.627. The first-order valence-corrected chi connectivity index (χ1v) is 7.18. The van der Waals surface area contributed by atoms with Crippen LogP contribution in [-0.4, -0.2) is 39.4 Å². The summed E-state index contributed by atoms with van der Waals surface area (Å²) in [5, 5.41) is 2.56. The maximum absolute atomic E-state index is 11.3. The van der Waals surface area contributed by atoms with E-state index in [1.807, 2.05) is 17.0 Å². The first-order valence-electron chi connectivity index (χ1n) is 5.36. The standard InChI is InChI=1S/C11H14N2O3S/c14-9-12-10-1-3-11(4-2-10)13-5-7-17(15,16)8-6-13/h1-4,9H,5-8H2,(H,12,14). The van der Waals surface area contributed by atoms with Gasteiger partial charge in [-0.3, -0.25) is 4.79 Å². The Labute approximate surface area is 100 Å². The Morgan fingerprint density at radius 1 is 1.12 bits per heavy atom. The molecule has 0 spiro atoms. The van der Waals surface area contributed by atoms with Crippen LogP contribution in [0.15, 0.2) is 24.3 Å². The number of rotatable bonds is 3. The van der Waals surface area contributed by atoms with Crippen molar-refractivity contribution in [3.05, 3.63) is 24.3 Å². The second-order valence-corrected chi connectivity index (χ2v) is 6.25. The third-order valence-electron chi connectivity index (χ3n) is 2.80. The first-order chi connectivity index (χ1) is 8.11. The third kappa shape index (κ3) is 2.97. The summed E-state index contributed by atoms with van der Waals surface area (Å²) in [6.45, 7) is 1.06. The Morgan fingerprint density at radius 3 is 2.24 bits per heavy atom. The highest BCUT2D eigenvalue weighted by atomic mass is 32.2. The molecule has 0 atom stereocenters. The Balaban J connectivity index is 2.06. The number of benzene rings is 1. The van der Waals surface area contributed by atoms with Crippen molar-refractivity contribution < 1.29 is 13.2 Å². The van der Waals surface area contributed by atoms with E-state index in [9.17, 15) is 13.2 Å². The fraction of sp³-hybridized carbons (Fsp3) is 0.364. The predicted octanol–water partition coefficient (Wildman–Crippen LogP) is 0.490.